The summed E-state index contributed by atoms with van der Waals surface area (Å²) in [6, 6.07) is 46.1. The lowest BCUT2D eigenvalue weighted by molar-refractivity contribution is -0.159. The van der Waals surface area contributed by atoms with E-state index in [0.29, 0.717) is 0 Å². The average Bonchev–Trinajstić information content (AvgIpc) is 3.27. The maximum atomic E-state index is 15.0. The van der Waals surface area contributed by atoms with Crippen molar-refractivity contribution in [3.05, 3.63) is 198 Å². The van der Waals surface area contributed by atoms with Gasteiger partial charge in [-0.05, 0) is 79.6 Å². The number of ether oxygens (including phenoxy) is 2. The Bertz CT molecular complexity index is 2460. The number of rotatable bonds is 17. The van der Waals surface area contributed by atoms with Crippen LogP contribution < -0.4 is 14.5 Å². The summed E-state index contributed by atoms with van der Waals surface area (Å²) in [6.07, 6.45) is -7.07. The maximum absolute atomic E-state index is 15.0. The van der Waals surface area contributed by atoms with Gasteiger partial charge in [-0.3, -0.25) is 13.5 Å². The Kier molecular flexibility index (Phi) is 14.1. The highest BCUT2D eigenvalue weighted by molar-refractivity contribution is 7.86. The fourth-order valence-corrected chi connectivity index (χ4v) is 8.98. The number of esters is 2. The van der Waals surface area contributed by atoms with Crippen molar-refractivity contribution in [1.82, 2.24) is 5.48 Å². The van der Waals surface area contributed by atoms with Crippen molar-refractivity contribution in [2.24, 2.45) is 0 Å². The van der Waals surface area contributed by atoms with Gasteiger partial charge in [0, 0.05) is 0 Å². The maximum Gasteiger partial charge on any atom is 0.587 e. The molecule has 0 amide bonds. The van der Waals surface area contributed by atoms with Crippen molar-refractivity contribution >= 4 is 29.9 Å². The summed E-state index contributed by atoms with van der Waals surface area (Å²) in [6.45, 7) is 1.82. The van der Waals surface area contributed by atoms with Crippen molar-refractivity contribution in [3.63, 3.8) is 0 Å². The Morgan fingerprint density at radius 3 is 1.57 bits per heavy atom. The number of carbonyl (C=O) groups excluding carboxylic acids is 2. The molecule has 1 aliphatic rings. The van der Waals surface area contributed by atoms with Gasteiger partial charge in [0.15, 0.2) is 12.2 Å². The third kappa shape index (κ3) is 11.6. The number of para-hydroxylation sites is 2. The SMILES string of the molecule is Cc1ccc(S(=O)(=O)O[C@@H]2[C@@H](OC(=O)c3ccccc3)[C@H](OC(=O)c3ccccc3)[C@@H](NOCc3ccccc3)C[C@@H]2OP(=O)(Oc2ccccc2)Oc2ccccc2)cc1. The molecule has 7 rings (SSSR count). The van der Waals surface area contributed by atoms with Crippen LogP contribution in [-0.4, -0.2) is 50.8 Å². The molecule has 0 saturated heterocycles. The number of hydrogen-bond acceptors (Lipinski definition) is 13. The zero-order chi connectivity index (χ0) is 42.7. The van der Waals surface area contributed by atoms with Crippen LogP contribution in [0.2, 0.25) is 0 Å². The summed E-state index contributed by atoms with van der Waals surface area (Å²) in [7, 11) is -9.54. The molecule has 5 atom stereocenters. The van der Waals surface area contributed by atoms with Crippen molar-refractivity contribution in [2.75, 3.05) is 0 Å². The van der Waals surface area contributed by atoms with Crippen molar-refractivity contribution in [3.8, 4) is 11.5 Å². The molecule has 0 heterocycles. The molecule has 61 heavy (non-hydrogen) atoms. The van der Waals surface area contributed by atoms with Gasteiger partial charge in [0.1, 0.15) is 23.7 Å². The summed E-state index contributed by atoms with van der Waals surface area (Å²) in [4.78, 5) is 33.7. The minimum Gasteiger partial charge on any atom is -0.453 e. The largest absolute Gasteiger partial charge is 0.587 e. The van der Waals surface area contributed by atoms with E-state index in [2.05, 4.69) is 5.48 Å². The topological polar surface area (TPSA) is 162 Å². The van der Waals surface area contributed by atoms with E-state index in [1.165, 1.54) is 60.7 Å². The van der Waals surface area contributed by atoms with Crippen molar-refractivity contribution in [2.45, 2.75) is 55.3 Å². The third-order valence-electron chi connectivity index (χ3n) is 9.45. The van der Waals surface area contributed by atoms with Crippen molar-refractivity contribution < 1.29 is 54.6 Å². The molecule has 0 radical (unpaired) electrons. The first-order valence-electron chi connectivity index (χ1n) is 19.3. The highest BCUT2D eigenvalue weighted by Crippen LogP contribution is 2.53. The highest BCUT2D eigenvalue weighted by atomic mass is 32.2. The normalized spacial score (nSPS) is 19.0. The first-order chi connectivity index (χ1) is 29.5. The molecular weight excluding hydrogens is 822 g/mol. The van der Waals surface area contributed by atoms with E-state index in [4.69, 9.17) is 32.1 Å². The average molecular weight is 864 g/mol. The molecule has 0 aliphatic heterocycles. The Morgan fingerprint density at radius 1 is 0.607 bits per heavy atom. The lowest BCUT2D eigenvalue weighted by atomic mass is 9.85. The molecule has 314 valence electrons. The predicted molar refractivity (Wildman–Crippen MR) is 224 cm³/mol. The lowest BCUT2D eigenvalue weighted by Gasteiger charge is -2.44. The standard InChI is InChI=1S/C46H42NO12PS/c1-33-27-29-39(30-28-33)61(51,52)59-43-41(58-60(50,56-37-23-13-5-14-24-37)57-38-25-15-6-16-26-38)31-40(47-53-32-34-17-7-2-8-18-34)42(54-45(48)35-19-9-3-10-20-35)44(43)55-46(49)36-21-11-4-12-22-36/h2-30,40-44,47H,31-32H2,1H3/t40-,41-,42+,43-,44-/m0/s1. The molecule has 6 aromatic rings. The molecule has 13 nitrogen and oxygen atoms in total. The minimum atomic E-state index is -4.82. The minimum absolute atomic E-state index is 0.0329. The molecule has 0 unspecified atom stereocenters. The summed E-state index contributed by atoms with van der Waals surface area (Å²) in [5, 5.41) is 0. The highest BCUT2D eigenvalue weighted by Gasteiger charge is 2.55. The molecular formula is C46H42NO12PS. The number of phosphoric acid groups is 1. The number of benzene rings is 6. The zero-order valence-electron chi connectivity index (χ0n) is 32.8. The molecule has 0 spiro atoms. The quantitative estimate of drug-likeness (QED) is 0.0402. The Morgan fingerprint density at radius 2 is 1.07 bits per heavy atom. The third-order valence-corrected chi connectivity index (χ3v) is 12.2. The fraction of sp³-hybridized carbons (Fsp3) is 0.174. The van der Waals surface area contributed by atoms with E-state index in [0.717, 1.165) is 11.1 Å². The van der Waals surface area contributed by atoms with Crippen LogP contribution in [0.15, 0.2) is 181 Å². The second kappa shape index (κ2) is 20.0. The summed E-state index contributed by atoms with van der Waals surface area (Å²) >= 11 is 0. The summed E-state index contributed by atoms with van der Waals surface area (Å²) < 4.78 is 80.2. The predicted octanol–water partition coefficient (Wildman–Crippen LogP) is 8.67. The summed E-state index contributed by atoms with van der Waals surface area (Å²) in [5.41, 5.74) is 4.74. The van der Waals surface area contributed by atoms with E-state index >= 15 is 4.57 Å². The molecule has 1 N–H and O–H groups in total. The fourth-order valence-electron chi connectivity index (χ4n) is 6.46. The van der Waals surface area contributed by atoms with Crippen LogP contribution in [0.5, 0.6) is 11.5 Å². The van der Waals surface area contributed by atoms with E-state index in [1.54, 1.807) is 91.9 Å². The van der Waals surface area contributed by atoms with Crippen LogP contribution in [0.25, 0.3) is 0 Å². The second-order valence-electron chi connectivity index (χ2n) is 13.9. The Balaban J connectivity index is 1.35. The first-order valence-corrected chi connectivity index (χ1v) is 22.1. The summed E-state index contributed by atoms with van der Waals surface area (Å²) in [5.74, 6) is -1.54. The van der Waals surface area contributed by atoms with Crippen LogP contribution in [-0.2, 0) is 44.3 Å². The molecule has 1 fully saturated rings. The molecule has 0 aromatic heterocycles. The van der Waals surface area contributed by atoms with Gasteiger partial charge >= 0.3 is 19.8 Å². The number of nitrogens with one attached hydrogen (secondary N) is 1. The van der Waals surface area contributed by atoms with Gasteiger partial charge in [0.05, 0.1) is 28.7 Å². The zero-order valence-corrected chi connectivity index (χ0v) is 34.5. The second-order valence-corrected chi connectivity index (χ2v) is 17.0. The smallest absolute Gasteiger partial charge is 0.453 e. The van der Waals surface area contributed by atoms with Gasteiger partial charge in [-0.25, -0.2) is 14.2 Å². The van der Waals surface area contributed by atoms with E-state index in [-0.39, 0.29) is 40.5 Å². The van der Waals surface area contributed by atoms with Gasteiger partial charge in [0.25, 0.3) is 10.1 Å². The van der Waals surface area contributed by atoms with E-state index in [9.17, 15) is 18.0 Å². The van der Waals surface area contributed by atoms with Gasteiger partial charge < -0.3 is 18.5 Å². The van der Waals surface area contributed by atoms with Gasteiger partial charge in [-0.15, -0.1) is 0 Å². The van der Waals surface area contributed by atoms with Crippen LogP contribution in [0, 0.1) is 6.92 Å². The van der Waals surface area contributed by atoms with Crippen LogP contribution in [0.1, 0.15) is 38.3 Å². The molecule has 6 aromatic carbocycles. The molecule has 0 bridgehead atoms. The number of hydroxylamine groups is 1. The Hall–Kier alpha value is -6.12. The molecule has 1 saturated carbocycles. The van der Waals surface area contributed by atoms with Gasteiger partial charge in [-0.1, -0.05) is 121 Å². The van der Waals surface area contributed by atoms with Crippen LogP contribution in [0.4, 0.5) is 0 Å². The first kappa shape index (κ1) is 43.0. The monoisotopic (exact) mass is 863 g/mol. The Labute approximate surface area is 353 Å². The lowest BCUT2D eigenvalue weighted by Crippen LogP contribution is -2.63. The number of aryl methyl sites for hydroxylation is 1. The van der Waals surface area contributed by atoms with Crippen LogP contribution in [0.3, 0.4) is 0 Å². The van der Waals surface area contributed by atoms with Gasteiger partial charge in [0.2, 0.25) is 0 Å². The van der Waals surface area contributed by atoms with Gasteiger partial charge in [-0.2, -0.15) is 13.9 Å². The van der Waals surface area contributed by atoms with Crippen LogP contribution >= 0.6 is 7.82 Å². The molecule has 15 heteroatoms. The van der Waals surface area contributed by atoms with Crippen molar-refractivity contribution in [1.29, 1.82) is 0 Å². The number of phosphoric ester groups is 1. The van der Waals surface area contributed by atoms with E-state index < -0.39 is 60.3 Å². The number of carbonyl (C=O) groups is 2. The number of hydrogen-bond donors (Lipinski definition) is 1. The van der Waals surface area contributed by atoms with E-state index in [1.807, 2.05) is 30.3 Å². The molecule has 1 aliphatic carbocycles.